The zero-order valence-corrected chi connectivity index (χ0v) is 27.6. The summed E-state index contributed by atoms with van der Waals surface area (Å²) < 4.78 is 43.1. The van der Waals surface area contributed by atoms with Gasteiger partial charge in [-0.15, -0.1) is 5.10 Å². The highest BCUT2D eigenvalue weighted by molar-refractivity contribution is 7.57. The quantitative estimate of drug-likeness (QED) is 0.111. The van der Waals surface area contributed by atoms with Crippen molar-refractivity contribution < 1.29 is 32.3 Å². The molecular formula is C35H37N4O7P. The molecule has 0 unspecified atom stereocenters. The van der Waals surface area contributed by atoms with Gasteiger partial charge in [-0.25, -0.2) is 9.67 Å². The molecule has 12 heteroatoms. The van der Waals surface area contributed by atoms with Crippen molar-refractivity contribution >= 4 is 25.4 Å². The summed E-state index contributed by atoms with van der Waals surface area (Å²) in [5.74, 6) is 3.26. The fourth-order valence-electron chi connectivity index (χ4n) is 4.70. The third-order valence-electron chi connectivity index (χ3n) is 6.96. The summed E-state index contributed by atoms with van der Waals surface area (Å²) in [4.78, 5) is 18.1. The maximum atomic E-state index is 13.5. The molecule has 0 atom stereocenters. The van der Waals surface area contributed by atoms with Crippen molar-refractivity contribution in [3.05, 3.63) is 113 Å². The van der Waals surface area contributed by atoms with Crippen LogP contribution in [0.4, 0.5) is 5.82 Å². The molecule has 2 aromatic heterocycles. The summed E-state index contributed by atoms with van der Waals surface area (Å²) in [6.07, 6.45) is 3.95. The number of aryl methyl sites for hydroxylation is 1. The lowest BCUT2D eigenvalue weighted by Crippen LogP contribution is -2.13. The summed E-state index contributed by atoms with van der Waals surface area (Å²) in [5, 5.41) is 7.46. The number of ether oxygens (including phenoxy) is 2. The molecule has 11 nitrogen and oxygen atoms in total. The first kappa shape index (κ1) is 33.4. The van der Waals surface area contributed by atoms with E-state index in [0.29, 0.717) is 40.6 Å². The average molecular weight is 657 g/mol. The summed E-state index contributed by atoms with van der Waals surface area (Å²) in [6, 6.07) is 24.0. The van der Waals surface area contributed by atoms with E-state index in [1.54, 1.807) is 49.0 Å². The molecular weight excluding hydrogens is 619 g/mol. The topological polar surface area (TPSA) is 127 Å². The lowest BCUT2D eigenvalue weighted by molar-refractivity contribution is 0.102. The number of aromatic nitrogens is 3. The number of oxazole rings is 1. The van der Waals surface area contributed by atoms with E-state index in [1.165, 1.54) is 12.9 Å². The highest BCUT2D eigenvalue weighted by Gasteiger charge is 2.21. The van der Waals surface area contributed by atoms with Gasteiger partial charge in [-0.1, -0.05) is 43.3 Å². The van der Waals surface area contributed by atoms with E-state index in [-0.39, 0.29) is 25.6 Å². The number of carbonyl (C=O) groups excluding carboxylic acids is 1. The average Bonchev–Trinajstić information content (AvgIpc) is 3.71. The Hall–Kier alpha value is -4.96. The number of nitrogens with one attached hydrogen (secondary N) is 1. The molecule has 0 fully saturated rings. The van der Waals surface area contributed by atoms with Crippen LogP contribution in [0.5, 0.6) is 11.5 Å². The first-order valence-corrected chi connectivity index (χ1v) is 16.9. The fourth-order valence-corrected chi connectivity index (χ4v) is 6.01. The third-order valence-corrected chi connectivity index (χ3v) is 8.71. The number of benzene rings is 3. The molecule has 1 N–H and O–H groups in total. The Labute approximate surface area is 273 Å². The lowest BCUT2D eigenvalue weighted by Gasteiger charge is -2.12. The van der Waals surface area contributed by atoms with Crippen LogP contribution in [0, 0.1) is 0 Å². The number of hydrogen-bond acceptors (Lipinski definition) is 9. The number of carbonyl (C=O) groups is 1. The van der Waals surface area contributed by atoms with Crippen molar-refractivity contribution in [2.45, 2.75) is 33.8 Å². The second kappa shape index (κ2) is 15.6. The van der Waals surface area contributed by atoms with Crippen LogP contribution in [0.15, 0.2) is 95.3 Å². The van der Waals surface area contributed by atoms with Crippen LogP contribution in [0.25, 0.3) is 23.2 Å². The standard InChI is InChI=1S/C35H37N4O7P/c1-5-30-29(36-35(46-30)25-14-10-8-11-15-25)24-43-31-19-18-26(22-32(31)42-4)34(40)37-33-27(20-21-47(41,44-6-2)45-7-3)23-39(38-33)28-16-12-9-13-17-28/h8-23H,5-7,24H2,1-4H3,(H,37,38,40). The van der Waals surface area contributed by atoms with Crippen molar-refractivity contribution in [1.82, 2.24) is 14.8 Å². The molecule has 1 amide bonds. The normalized spacial score (nSPS) is 11.6. The SMILES string of the molecule is CCOP(=O)(C=Cc1cn(-c2ccccc2)nc1NC(=O)c1ccc(OCc2nc(-c3ccccc3)oc2CC)c(OC)c1)OCC. The minimum absolute atomic E-state index is 0.154. The summed E-state index contributed by atoms with van der Waals surface area (Å²) in [5.41, 5.74) is 3.16. The van der Waals surface area contributed by atoms with Crippen molar-refractivity contribution in [2.24, 2.45) is 0 Å². The number of methoxy groups -OCH3 is 1. The van der Waals surface area contributed by atoms with Gasteiger partial charge in [0.1, 0.15) is 18.1 Å². The Morgan fingerprint density at radius 1 is 0.957 bits per heavy atom. The first-order chi connectivity index (χ1) is 22.9. The maximum absolute atomic E-state index is 13.5. The van der Waals surface area contributed by atoms with Crippen molar-refractivity contribution in [3.8, 4) is 28.6 Å². The first-order valence-electron chi connectivity index (χ1n) is 15.3. The lowest BCUT2D eigenvalue weighted by atomic mass is 10.2. The second-order valence-corrected chi connectivity index (χ2v) is 12.0. The van der Waals surface area contributed by atoms with Crippen molar-refractivity contribution in [3.63, 3.8) is 0 Å². The molecule has 47 heavy (non-hydrogen) atoms. The van der Waals surface area contributed by atoms with Gasteiger partial charge in [0.15, 0.2) is 17.3 Å². The van der Waals surface area contributed by atoms with E-state index in [2.05, 4.69) is 15.4 Å². The minimum Gasteiger partial charge on any atom is -0.493 e. The van der Waals surface area contributed by atoms with E-state index in [0.717, 1.165) is 17.0 Å². The predicted octanol–water partition coefficient (Wildman–Crippen LogP) is 8.17. The number of anilines is 1. The van der Waals surface area contributed by atoms with Crippen LogP contribution in [0.3, 0.4) is 0 Å². The van der Waals surface area contributed by atoms with Gasteiger partial charge in [-0.3, -0.25) is 9.36 Å². The second-order valence-electron chi connectivity index (χ2n) is 10.1. The minimum atomic E-state index is -3.50. The van der Waals surface area contributed by atoms with Crippen LogP contribution in [-0.4, -0.2) is 41.0 Å². The van der Waals surface area contributed by atoms with Crippen molar-refractivity contribution in [2.75, 3.05) is 25.6 Å². The maximum Gasteiger partial charge on any atom is 0.354 e. The Kier molecular flexibility index (Phi) is 11.1. The predicted molar refractivity (Wildman–Crippen MR) is 180 cm³/mol. The van der Waals surface area contributed by atoms with Gasteiger partial charge >= 0.3 is 7.60 Å². The molecule has 0 saturated carbocycles. The summed E-state index contributed by atoms with van der Waals surface area (Å²) in [6.45, 7) is 6.05. The Morgan fingerprint density at radius 2 is 1.66 bits per heavy atom. The molecule has 0 bridgehead atoms. The van der Waals surface area contributed by atoms with E-state index < -0.39 is 13.5 Å². The number of nitrogens with zero attached hydrogens (tertiary/aromatic N) is 3. The van der Waals surface area contributed by atoms with E-state index >= 15 is 0 Å². The van der Waals surface area contributed by atoms with E-state index in [9.17, 15) is 9.36 Å². The Bertz CT molecular complexity index is 1860. The van der Waals surface area contributed by atoms with Gasteiger partial charge in [0.25, 0.3) is 5.91 Å². The smallest absolute Gasteiger partial charge is 0.354 e. The van der Waals surface area contributed by atoms with Crippen LogP contribution >= 0.6 is 7.60 Å². The van der Waals surface area contributed by atoms with Gasteiger partial charge < -0.3 is 28.3 Å². The third kappa shape index (κ3) is 8.26. The molecule has 2 heterocycles. The molecule has 0 aliphatic rings. The number of rotatable bonds is 15. The van der Waals surface area contributed by atoms with Gasteiger partial charge in [0.2, 0.25) is 5.89 Å². The summed E-state index contributed by atoms with van der Waals surface area (Å²) >= 11 is 0. The molecule has 0 radical (unpaired) electrons. The highest BCUT2D eigenvalue weighted by atomic mass is 31.2. The van der Waals surface area contributed by atoms with E-state index in [1.807, 2.05) is 67.6 Å². The molecule has 5 rings (SSSR count). The van der Waals surface area contributed by atoms with Gasteiger partial charge in [0, 0.05) is 35.1 Å². The molecule has 0 saturated heterocycles. The molecule has 0 aliphatic heterocycles. The van der Waals surface area contributed by atoms with Crippen LogP contribution in [0.2, 0.25) is 0 Å². The number of para-hydroxylation sites is 1. The van der Waals surface area contributed by atoms with Crippen LogP contribution < -0.4 is 14.8 Å². The zero-order valence-electron chi connectivity index (χ0n) is 26.7. The largest absolute Gasteiger partial charge is 0.493 e. The monoisotopic (exact) mass is 656 g/mol. The Balaban J connectivity index is 1.36. The van der Waals surface area contributed by atoms with Crippen LogP contribution in [0.1, 0.15) is 48.1 Å². The number of hydrogen-bond donors (Lipinski definition) is 1. The molecule has 3 aromatic carbocycles. The van der Waals surface area contributed by atoms with Gasteiger partial charge in [-0.2, -0.15) is 0 Å². The highest BCUT2D eigenvalue weighted by Crippen LogP contribution is 2.50. The van der Waals surface area contributed by atoms with Gasteiger partial charge in [0.05, 0.1) is 26.0 Å². The van der Waals surface area contributed by atoms with Crippen LogP contribution in [-0.2, 0) is 26.6 Å². The van der Waals surface area contributed by atoms with Crippen molar-refractivity contribution in [1.29, 1.82) is 0 Å². The van der Waals surface area contributed by atoms with Gasteiger partial charge in [-0.05, 0) is 62.4 Å². The number of amides is 1. The fraction of sp³-hybridized carbons (Fsp3) is 0.229. The molecule has 5 aromatic rings. The summed E-state index contributed by atoms with van der Waals surface area (Å²) in [7, 11) is -1.99. The zero-order chi connectivity index (χ0) is 33.2. The molecule has 0 spiro atoms. The molecule has 244 valence electrons. The van der Waals surface area contributed by atoms with E-state index in [4.69, 9.17) is 22.9 Å². The Morgan fingerprint density at radius 3 is 2.32 bits per heavy atom. The molecule has 0 aliphatic carbocycles.